The summed E-state index contributed by atoms with van der Waals surface area (Å²) < 4.78 is 10.9. The quantitative estimate of drug-likeness (QED) is 0.574. The average Bonchev–Trinajstić information content (AvgIpc) is 3.56. The van der Waals surface area contributed by atoms with Crippen LogP contribution in [0.3, 0.4) is 0 Å². The van der Waals surface area contributed by atoms with Gasteiger partial charge in [-0.05, 0) is 55.9 Å². The third-order valence-electron chi connectivity index (χ3n) is 5.26. The minimum absolute atomic E-state index is 0.0925. The standard InChI is InChI=1S/C24H27N3O2/c1-15(19-7-5-6-18(12-19)11-10-17-8-9-17)25-24-20-13-22(28-3)23(29-4)14-21(20)26-16(2)27-24/h5-7,10-15,17H,8-9H2,1-4H3,(H,25,26,27)/b11-10+/t15-/m1/s1. The summed E-state index contributed by atoms with van der Waals surface area (Å²) in [4.78, 5) is 9.22. The third-order valence-corrected chi connectivity index (χ3v) is 5.26. The molecule has 1 aliphatic rings. The maximum Gasteiger partial charge on any atom is 0.162 e. The molecule has 0 amide bonds. The number of ether oxygens (including phenoxy) is 2. The van der Waals surface area contributed by atoms with E-state index in [-0.39, 0.29) is 6.04 Å². The number of benzene rings is 2. The summed E-state index contributed by atoms with van der Waals surface area (Å²) in [6, 6.07) is 12.5. The predicted octanol–water partition coefficient (Wildman–Crippen LogP) is 5.55. The molecular formula is C24H27N3O2. The van der Waals surface area contributed by atoms with Crippen LogP contribution in [0, 0.1) is 12.8 Å². The molecule has 2 aromatic carbocycles. The van der Waals surface area contributed by atoms with E-state index in [1.165, 1.54) is 24.0 Å². The van der Waals surface area contributed by atoms with Gasteiger partial charge in [-0.25, -0.2) is 9.97 Å². The Kier molecular flexibility index (Phi) is 5.38. The molecule has 3 aromatic rings. The van der Waals surface area contributed by atoms with Gasteiger partial charge in [0.25, 0.3) is 0 Å². The number of allylic oxidation sites excluding steroid dienone is 1. The molecule has 0 radical (unpaired) electrons. The number of hydrogen-bond acceptors (Lipinski definition) is 5. The molecule has 1 fully saturated rings. The van der Waals surface area contributed by atoms with Gasteiger partial charge in [0.15, 0.2) is 11.5 Å². The first-order valence-corrected chi connectivity index (χ1v) is 10.0. The molecular weight excluding hydrogens is 362 g/mol. The molecule has 1 heterocycles. The van der Waals surface area contributed by atoms with E-state index in [0.29, 0.717) is 17.3 Å². The topological polar surface area (TPSA) is 56.3 Å². The molecule has 0 saturated heterocycles. The zero-order valence-electron chi connectivity index (χ0n) is 17.4. The van der Waals surface area contributed by atoms with Crippen molar-refractivity contribution in [1.82, 2.24) is 9.97 Å². The lowest BCUT2D eigenvalue weighted by molar-refractivity contribution is 0.356. The van der Waals surface area contributed by atoms with Crippen LogP contribution in [-0.2, 0) is 0 Å². The second-order valence-electron chi connectivity index (χ2n) is 7.58. The number of aryl methyl sites for hydroxylation is 1. The largest absolute Gasteiger partial charge is 0.493 e. The van der Waals surface area contributed by atoms with Crippen molar-refractivity contribution in [2.24, 2.45) is 5.92 Å². The highest BCUT2D eigenvalue weighted by molar-refractivity contribution is 5.92. The number of hydrogen-bond donors (Lipinski definition) is 1. The summed E-state index contributed by atoms with van der Waals surface area (Å²) in [5.74, 6) is 3.60. The highest BCUT2D eigenvalue weighted by Gasteiger charge is 2.17. The van der Waals surface area contributed by atoms with Gasteiger partial charge in [-0.15, -0.1) is 0 Å². The van der Waals surface area contributed by atoms with Crippen LogP contribution in [0.2, 0.25) is 0 Å². The first kappa shape index (κ1) is 19.2. The Bertz CT molecular complexity index is 1060. The first-order chi connectivity index (χ1) is 14.1. The normalized spacial score (nSPS) is 14.9. The fourth-order valence-corrected chi connectivity index (χ4v) is 3.44. The van der Waals surface area contributed by atoms with E-state index in [0.717, 1.165) is 22.6 Å². The smallest absolute Gasteiger partial charge is 0.162 e. The molecule has 5 heteroatoms. The molecule has 4 rings (SSSR count). The molecule has 1 aliphatic carbocycles. The molecule has 5 nitrogen and oxygen atoms in total. The van der Waals surface area contributed by atoms with Crippen molar-refractivity contribution in [3.63, 3.8) is 0 Å². The van der Waals surface area contributed by atoms with Gasteiger partial charge in [0.05, 0.1) is 19.7 Å². The van der Waals surface area contributed by atoms with Crippen molar-refractivity contribution >= 4 is 22.8 Å². The molecule has 0 bridgehead atoms. The first-order valence-electron chi connectivity index (χ1n) is 10.0. The fourth-order valence-electron chi connectivity index (χ4n) is 3.44. The Morgan fingerprint density at radius 2 is 1.83 bits per heavy atom. The summed E-state index contributed by atoms with van der Waals surface area (Å²) in [5.41, 5.74) is 3.27. The van der Waals surface area contributed by atoms with Crippen LogP contribution >= 0.6 is 0 Å². The zero-order valence-corrected chi connectivity index (χ0v) is 17.4. The lowest BCUT2D eigenvalue weighted by atomic mass is 10.0. The fraction of sp³-hybridized carbons (Fsp3) is 0.333. The molecule has 1 aromatic heterocycles. The van der Waals surface area contributed by atoms with Gasteiger partial charge in [-0.3, -0.25) is 0 Å². The number of anilines is 1. The van der Waals surface area contributed by atoms with Gasteiger partial charge in [-0.2, -0.15) is 0 Å². The summed E-state index contributed by atoms with van der Waals surface area (Å²) >= 11 is 0. The van der Waals surface area contributed by atoms with E-state index in [1.54, 1.807) is 14.2 Å². The van der Waals surface area contributed by atoms with Crippen LogP contribution in [0.1, 0.15) is 42.8 Å². The number of rotatable bonds is 7. The van der Waals surface area contributed by atoms with Crippen LogP contribution in [-0.4, -0.2) is 24.2 Å². The van der Waals surface area contributed by atoms with Crippen molar-refractivity contribution in [1.29, 1.82) is 0 Å². The number of nitrogens with zero attached hydrogens (tertiary/aromatic N) is 2. The van der Waals surface area contributed by atoms with Crippen molar-refractivity contribution in [3.05, 3.63) is 59.4 Å². The van der Waals surface area contributed by atoms with Crippen LogP contribution < -0.4 is 14.8 Å². The van der Waals surface area contributed by atoms with Crippen LogP contribution in [0.15, 0.2) is 42.5 Å². The maximum absolute atomic E-state index is 5.47. The van der Waals surface area contributed by atoms with Gasteiger partial charge in [0, 0.05) is 17.5 Å². The van der Waals surface area contributed by atoms with Crippen LogP contribution in [0.25, 0.3) is 17.0 Å². The highest BCUT2D eigenvalue weighted by Crippen LogP contribution is 2.35. The minimum Gasteiger partial charge on any atom is -0.493 e. The molecule has 150 valence electrons. The number of aromatic nitrogens is 2. The summed E-state index contributed by atoms with van der Waals surface area (Å²) in [6.07, 6.45) is 7.19. The molecule has 0 spiro atoms. The lowest BCUT2D eigenvalue weighted by Gasteiger charge is -2.18. The third kappa shape index (κ3) is 4.34. The second kappa shape index (κ2) is 8.11. The van der Waals surface area contributed by atoms with Gasteiger partial charge >= 0.3 is 0 Å². The Hall–Kier alpha value is -3.08. The van der Waals surface area contributed by atoms with E-state index in [9.17, 15) is 0 Å². The van der Waals surface area contributed by atoms with Crippen LogP contribution in [0.5, 0.6) is 11.5 Å². The zero-order chi connectivity index (χ0) is 20.4. The number of fused-ring (bicyclic) bond motifs is 1. The SMILES string of the molecule is COc1cc2nc(C)nc(N[C@H](C)c3cccc(/C=C/C4CC4)c3)c2cc1OC. The second-order valence-corrected chi connectivity index (χ2v) is 7.58. The van der Waals surface area contributed by atoms with Crippen molar-refractivity contribution in [2.75, 3.05) is 19.5 Å². The number of methoxy groups -OCH3 is 2. The van der Waals surface area contributed by atoms with E-state index < -0.39 is 0 Å². The maximum atomic E-state index is 5.47. The molecule has 0 aliphatic heterocycles. The highest BCUT2D eigenvalue weighted by atomic mass is 16.5. The Morgan fingerprint density at radius 1 is 1.07 bits per heavy atom. The molecule has 1 atom stereocenters. The van der Waals surface area contributed by atoms with Gasteiger partial charge in [-0.1, -0.05) is 30.4 Å². The Labute approximate surface area is 171 Å². The Morgan fingerprint density at radius 3 is 2.55 bits per heavy atom. The Balaban J connectivity index is 1.65. The van der Waals surface area contributed by atoms with Gasteiger partial charge in [0.1, 0.15) is 11.6 Å². The van der Waals surface area contributed by atoms with E-state index >= 15 is 0 Å². The van der Waals surface area contributed by atoms with E-state index in [1.807, 2.05) is 19.1 Å². The molecule has 29 heavy (non-hydrogen) atoms. The lowest BCUT2D eigenvalue weighted by Crippen LogP contribution is -2.10. The van der Waals surface area contributed by atoms with Gasteiger partial charge < -0.3 is 14.8 Å². The van der Waals surface area contributed by atoms with Crippen molar-refractivity contribution in [2.45, 2.75) is 32.7 Å². The minimum atomic E-state index is 0.0925. The number of nitrogens with one attached hydrogen (secondary N) is 1. The predicted molar refractivity (Wildman–Crippen MR) is 118 cm³/mol. The molecule has 1 saturated carbocycles. The molecule has 1 N–H and O–H groups in total. The summed E-state index contributed by atoms with van der Waals surface area (Å²) in [5, 5.41) is 4.47. The van der Waals surface area contributed by atoms with Gasteiger partial charge in [0.2, 0.25) is 0 Å². The monoisotopic (exact) mass is 389 g/mol. The average molecular weight is 389 g/mol. The van der Waals surface area contributed by atoms with E-state index in [2.05, 4.69) is 58.6 Å². The van der Waals surface area contributed by atoms with Crippen LogP contribution in [0.4, 0.5) is 5.82 Å². The summed E-state index contributed by atoms with van der Waals surface area (Å²) in [6.45, 7) is 4.04. The van der Waals surface area contributed by atoms with E-state index in [4.69, 9.17) is 9.47 Å². The molecule has 0 unspecified atom stereocenters. The van der Waals surface area contributed by atoms with Crippen molar-refractivity contribution < 1.29 is 9.47 Å². The van der Waals surface area contributed by atoms with Crippen molar-refractivity contribution in [3.8, 4) is 11.5 Å². The summed E-state index contributed by atoms with van der Waals surface area (Å²) in [7, 11) is 3.26.